The van der Waals surface area contributed by atoms with Gasteiger partial charge in [-0.2, -0.15) is 5.10 Å². The fourth-order valence-corrected chi connectivity index (χ4v) is 2.95. The van der Waals surface area contributed by atoms with E-state index in [9.17, 15) is 0 Å². The predicted molar refractivity (Wildman–Crippen MR) is 63.8 cm³/mol. The normalized spacial score (nSPS) is 24.6. The van der Waals surface area contributed by atoms with Gasteiger partial charge in [-0.05, 0) is 32.3 Å². The van der Waals surface area contributed by atoms with Crippen molar-refractivity contribution in [3.8, 4) is 0 Å². The number of nitrogens with zero attached hydrogens (tertiary/aromatic N) is 2. The summed E-state index contributed by atoms with van der Waals surface area (Å²) in [5.41, 5.74) is 2.57. The SMILES string of the molecule is Cc1cnn(C2CCC3(CC2)OCCO3)c1C. The van der Waals surface area contributed by atoms with E-state index in [1.807, 2.05) is 6.20 Å². The summed E-state index contributed by atoms with van der Waals surface area (Å²) >= 11 is 0. The highest BCUT2D eigenvalue weighted by Crippen LogP contribution is 2.40. The molecule has 0 unspecified atom stereocenters. The Hall–Kier alpha value is -0.870. The Labute approximate surface area is 102 Å². The Morgan fingerprint density at radius 1 is 1.24 bits per heavy atom. The van der Waals surface area contributed by atoms with Crippen LogP contribution in [0.5, 0.6) is 0 Å². The monoisotopic (exact) mass is 236 g/mol. The van der Waals surface area contributed by atoms with Gasteiger partial charge in [0.2, 0.25) is 0 Å². The van der Waals surface area contributed by atoms with Gasteiger partial charge < -0.3 is 9.47 Å². The minimum atomic E-state index is -0.257. The largest absolute Gasteiger partial charge is 0.348 e. The zero-order valence-electron chi connectivity index (χ0n) is 10.6. The van der Waals surface area contributed by atoms with Crippen LogP contribution < -0.4 is 0 Å². The molecule has 2 fully saturated rings. The van der Waals surface area contributed by atoms with E-state index < -0.39 is 0 Å². The average molecular weight is 236 g/mol. The molecule has 0 N–H and O–H groups in total. The lowest BCUT2D eigenvalue weighted by molar-refractivity contribution is -0.181. The van der Waals surface area contributed by atoms with E-state index in [1.165, 1.54) is 11.3 Å². The van der Waals surface area contributed by atoms with Crippen molar-refractivity contribution in [3.05, 3.63) is 17.5 Å². The summed E-state index contributed by atoms with van der Waals surface area (Å²) in [6.07, 6.45) is 6.15. The standard InChI is InChI=1S/C13H20N2O2/c1-10-9-14-15(11(10)2)12-3-5-13(6-4-12)16-7-8-17-13/h9,12H,3-8H2,1-2H3. The molecule has 2 aliphatic rings. The number of aromatic nitrogens is 2. The van der Waals surface area contributed by atoms with E-state index in [0.717, 1.165) is 38.9 Å². The highest BCUT2D eigenvalue weighted by atomic mass is 16.7. The van der Waals surface area contributed by atoms with Crippen molar-refractivity contribution in [2.45, 2.75) is 51.4 Å². The van der Waals surface area contributed by atoms with Gasteiger partial charge in [-0.25, -0.2) is 0 Å². The lowest BCUT2D eigenvalue weighted by Gasteiger charge is -2.35. The van der Waals surface area contributed by atoms with Gasteiger partial charge >= 0.3 is 0 Å². The number of ether oxygens (including phenoxy) is 2. The summed E-state index contributed by atoms with van der Waals surface area (Å²) < 4.78 is 13.7. The molecule has 1 spiro atoms. The predicted octanol–water partition coefficient (Wildman–Crippen LogP) is 2.36. The fraction of sp³-hybridized carbons (Fsp3) is 0.769. The Morgan fingerprint density at radius 2 is 1.88 bits per heavy atom. The molecular weight excluding hydrogens is 216 g/mol. The highest BCUT2D eigenvalue weighted by molar-refractivity contribution is 5.14. The quantitative estimate of drug-likeness (QED) is 0.751. The van der Waals surface area contributed by atoms with Crippen LogP contribution >= 0.6 is 0 Å². The second-order valence-electron chi connectivity index (χ2n) is 5.20. The van der Waals surface area contributed by atoms with Gasteiger partial charge in [-0.3, -0.25) is 4.68 Å². The van der Waals surface area contributed by atoms with Crippen LogP contribution in [-0.2, 0) is 9.47 Å². The molecule has 0 amide bonds. The zero-order chi connectivity index (χ0) is 11.9. The van der Waals surface area contributed by atoms with Crippen LogP contribution in [0, 0.1) is 13.8 Å². The van der Waals surface area contributed by atoms with Gasteiger partial charge in [0.15, 0.2) is 5.79 Å². The summed E-state index contributed by atoms with van der Waals surface area (Å²) in [4.78, 5) is 0. The van der Waals surface area contributed by atoms with Gasteiger partial charge in [-0.15, -0.1) is 0 Å². The van der Waals surface area contributed by atoms with E-state index in [-0.39, 0.29) is 5.79 Å². The molecule has 1 aromatic rings. The smallest absolute Gasteiger partial charge is 0.168 e. The molecule has 1 aliphatic carbocycles. The lowest BCUT2D eigenvalue weighted by Crippen LogP contribution is -2.36. The maximum atomic E-state index is 5.75. The Balaban J connectivity index is 1.71. The summed E-state index contributed by atoms with van der Waals surface area (Å²) in [5, 5.41) is 4.49. The molecule has 1 aliphatic heterocycles. The third-order valence-electron chi connectivity index (χ3n) is 4.17. The van der Waals surface area contributed by atoms with Gasteiger partial charge in [0.25, 0.3) is 0 Å². The van der Waals surface area contributed by atoms with Crippen LogP contribution in [0.1, 0.15) is 43.0 Å². The summed E-state index contributed by atoms with van der Waals surface area (Å²) in [7, 11) is 0. The number of hydrogen-bond donors (Lipinski definition) is 0. The van der Waals surface area contributed by atoms with Crippen molar-refractivity contribution in [2.75, 3.05) is 13.2 Å². The van der Waals surface area contributed by atoms with Crippen LogP contribution in [0.15, 0.2) is 6.20 Å². The van der Waals surface area contributed by atoms with E-state index in [0.29, 0.717) is 6.04 Å². The van der Waals surface area contributed by atoms with Crippen molar-refractivity contribution in [1.29, 1.82) is 0 Å². The molecular formula is C13H20N2O2. The molecule has 2 heterocycles. The summed E-state index contributed by atoms with van der Waals surface area (Å²) in [5.74, 6) is -0.257. The van der Waals surface area contributed by atoms with Gasteiger partial charge in [-0.1, -0.05) is 0 Å². The second kappa shape index (κ2) is 4.10. The van der Waals surface area contributed by atoms with Crippen molar-refractivity contribution >= 4 is 0 Å². The Kier molecular flexibility index (Phi) is 2.71. The number of hydrogen-bond acceptors (Lipinski definition) is 3. The minimum Gasteiger partial charge on any atom is -0.348 e. The second-order valence-corrected chi connectivity index (χ2v) is 5.20. The summed E-state index contributed by atoms with van der Waals surface area (Å²) in [6.45, 7) is 5.77. The maximum Gasteiger partial charge on any atom is 0.168 e. The topological polar surface area (TPSA) is 36.3 Å². The van der Waals surface area contributed by atoms with Gasteiger partial charge in [0, 0.05) is 18.5 Å². The molecule has 17 heavy (non-hydrogen) atoms. The first-order valence-corrected chi connectivity index (χ1v) is 6.49. The molecule has 1 aromatic heterocycles. The molecule has 4 heteroatoms. The zero-order valence-corrected chi connectivity index (χ0v) is 10.6. The first kappa shape index (κ1) is 11.2. The van der Waals surface area contributed by atoms with E-state index in [4.69, 9.17) is 9.47 Å². The molecule has 94 valence electrons. The molecule has 0 atom stereocenters. The lowest BCUT2D eigenvalue weighted by atomic mass is 9.90. The van der Waals surface area contributed by atoms with Crippen molar-refractivity contribution < 1.29 is 9.47 Å². The minimum absolute atomic E-state index is 0.257. The van der Waals surface area contributed by atoms with Crippen molar-refractivity contribution in [2.24, 2.45) is 0 Å². The molecule has 3 rings (SSSR count). The maximum absolute atomic E-state index is 5.75. The molecule has 0 bridgehead atoms. The third kappa shape index (κ3) is 1.89. The molecule has 1 saturated heterocycles. The molecule has 0 radical (unpaired) electrons. The van der Waals surface area contributed by atoms with Gasteiger partial charge in [0.05, 0.1) is 25.5 Å². The first-order chi connectivity index (χ1) is 8.20. The molecule has 1 saturated carbocycles. The van der Waals surface area contributed by atoms with Crippen LogP contribution in [0.4, 0.5) is 0 Å². The van der Waals surface area contributed by atoms with Crippen LogP contribution in [0.2, 0.25) is 0 Å². The average Bonchev–Trinajstić information content (AvgIpc) is 2.91. The van der Waals surface area contributed by atoms with Crippen molar-refractivity contribution in [3.63, 3.8) is 0 Å². The highest BCUT2D eigenvalue weighted by Gasteiger charge is 2.41. The number of aryl methyl sites for hydroxylation is 1. The Morgan fingerprint density at radius 3 is 2.41 bits per heavy atom. The van der Waals surface area contributed by atoms with Crippen molar-refractivity contribution in [1.82, 2.24) is 9.78 Å². The Bertz CT molecular complexity index is 398. The fourth-order valence-electron chi connectivity index (χ4n) is 2.95. The molecule has 0 aromatic carbocycles. The molecule has 4 nitrogen and oxygen atoms in total. The van der Waals surface area contributed by atoms with Crippen LogP contribution in [0.25, 0.3) is 0 Å². The van der Waals surface area contributed by atoms with Crippen LogP contribution in [0.3, 0.4) is 0 Å². The number of rotatable bonds is 1. The third-order valence-corrected chi connectivity index (χ3v) is 4.17. The van der Waals surface area contributed by atoms with Gasteiger partial charge in [0.1, 0.15) is 0 Å². The first-order valence-electron chi connectivity index (χ1n) is 6.49. The summed E-state index contributed by atoms with van der Waals surface area (Å²) in [6, 6.07) is 0.516. The van der Waals surface area contributed by atoms with Crippen LogP contribution in [-0.4, -0.2) is 28.8 Å². The van der Waals surface area contributed by atoms with E-state index in [1.54, 1.807) is 0 Å². The van der Waals surface area contributed by atoms with E-state index in [2.05, 4.69) is 23.6 Å². The van der Waals surface area contributed by atoms with E-state index >= 15 is 0 Å².